The van der Waals surface area contributed by atoms with Crippen molar-refractivity contribution >= 4 is 80.0 Å². The number of hydrogen-bond acceptors (Lipinski definition) is 6. The standard InChI is InChI=1S/C33H27BrCl2N6O4/c1-20-31(34)42-17-3-4-27(32(42)39-20)46-19-24-25(35)10-11-26(30(24)36)41(2)29(44)18-38-28(43)12-7-21-5-8-23(9-6-21)40-33(45)22-13-15-37-16-14-22/h3-17H,18-19H2,1-2H3,(H,38,43)(H,40,45). The zero-order chi connectivity index (χ0) is 32.8. The van der Waals surface area contributed by atoms with Crippen LogP contribution in [0, 0.1) is 6.92 Å². The van der Waals surface area contributed by atoms with Gasteiger partial charge in [-0.1, -0.05) is 35.3 Å². The molecule has 0 saturated heterocycles. The number of hydrogen-bond donors (Lipinski definition) is 2. The van der Waals surface area contributed by atoms with Gasteiger partial charge in [0.1, 0.15) is 11.2 Å². The van der Waals surface area contributed by atoms with E-state index in [0.29, 0.717) is 38.9 Å². The second kappa shape index (κ2) is 14.6. The number of pyridine rings is 2. The molecule has 3 amide bonds. The van der Waals surface area contributed by atoms with Gasteiger partial charge in [0.25, 0.3) is 5.91 Å². The molecule has 2 aromatic carbocycles. The first kappa shape index (κ1) is 32.7. The number of anilines is 2. The maximum absolute atomic E-state index is 13.0. The van der Waals surface area contributed by atoms with Gasteiger partial charge in [-0.2, -0.15) is 0 Å². The van der Waals surface area contributed by atoms with Gasteiger partial charge in [-0.15, -0.1) is 0 Å². The topological polar surface area (TPSA) is 118 Å². The van der Waals surface area contributed by atoms with Crippen LogP contribution in [0.15, 0.2) is 89.9 Å². The molecule has 0 aliphatic heterocycles. The zero-order valence-corrected chi connectivity index (χ0v) is 27.7. The van der Waals surface area contributed by atoms with E-state index in [1.54, 1.807) is 80.1 Å². The van der Waals surface area contributed by atoms with Crippen LogP contribution in [0.1, 0.15) is 27.2 Å². The first-order valence-electron chi connectivity index (χ1n) is 13.9. The smallest absolute Gasteiger partial charge is 0.255 e. The molecule has 3 aromatic heterocycles. The van der Waals surface area contributed by atoms with Crippen molar-refractivity contribution in [1.29, 1.82) is 0 Å². The number of amides is 3. The number of nitrogens with one attached hydrogen (secondary N) is 2. The van der Waals surface area contributed by atoms with Crippen LogP contribution >= 0.6 is 39.1 Å². The number of imidazole rings is 1. The van der Waals surface area contributed by atoms with E-state index in [1.165, 1.54) is 11.0 Å². The molecule has 0 saturated carbocycles. The van der Waals surface area contributed by atoms with Crippen molar-refractivity contribution in [2.75, 3.05) is 23.8 Å². The fourth-order valence-electron chi connectivity index (χ4n) is 4.40. The molecule has 0 bridgehead atoms. The highest BCUT2D eigenvalue weighted by Crippen LogP contribution is 2.35. The monoisotopic (exact) mass is 720 g/mol. The molecule has 0 spiro atoms. The lowest BCUT2D eigenvalue weighted by Gasteiger charge is -2.21. The van der Waals surface area contributed by atoms with E-state index in [0.717, 1.165) is 15.9 Å². The second-order valence-electron chi connectivity index (χ2n) is 10.0. The summed E-state index contributed by atoms with van der Waals surface area (Å²) in [5.74, 6) is -0.563. The lowest BCUT2D eigenvalue weighted by molar-refractivity contribution is -0.122. The van der Waals surface area contributed by atoms with Crippen molar-refractivity contribution in [1.82, 2.24) is 19.7 Å². The first-order chi connectivity index (χ1) is 22.1. The minimum atomic E-state index is -0.455. The highest BCUT2D eigenvalue weighted by atomic mass is 79.9. The van der Waals surface area contributed by atoms with Gasteiger partial charge in [0.2, 0.25) is 11.8 Å². The minimum Gasteiger partial charge on any atom is -0.485 e. The number of aryl methyl sites for hydroxylation is 1. The summed E-state index contributed by atoms with van der Waals surface area (Å²) in [4.78, 5) is 47.5. The number of halogens is 3. The third-order valence-corrected chi connectivity index (χ3v) is 8.67. The third kappa shape index (κ3) is 7.56. The van der Waals surface area contributed by atoms with Crippen molar-refractivity contribution in [2.24, 2.45) is 0 Å². The van der Waals surface area contributed by atoms with Gasteiger partial charge in [-0.25, -0.2) is 4.98 Å². The molecule has 3 heterocycles. The fraction of sp³-hybridized carbons (Fsp3) is 0.121. The lowest BCUT2D eigenvalue weighted by Crippen LogP contribution is -2.37. The summed E-state index contributed by atoms with van der Waals surface area (Å²) in [5, 5.41) is 6.02. The molecule has 5 aromatic rings. The molecular formula is C33H27BrCl2N6O4. The van der Waals surface area contributed by atoms with Crippen LogP contribution in [0.4, 0.5) is 11.4 Å². The van der Waals surface area contributed by atoms with Crippen molar-refractivity contribution in [3.63, 3.8) is 0 Å². The van der Waals surface area contributed by atoms with Crippen LogP contribution < -0.4 is 20.3 Å². The molecule has 0 radical (unpaired) electrons. The Morgan fingerprint density at radius 1 is 1.04 bits per heavy atom. The second-order valence-corrected chi connectivity index (χ2v) is 11.6. The van der Waals surface area contributed by atoms with E-state index in [4.69, 9.17) is 27.9 Å². The Hall–Kier alpha value is -4.71. The van der Waals surface area contributed by atoms with Crippen molar-refractivity contribution in [3.05, 3.63) is 122 Å². The SMILES string of the molecule is Cc1nc2c(OCc3c(Cl)ccc(N(C)C(=O)CNC(=O)C=Cc4ccc(NC(=O)c5ccncc5)cc4)c3Cl)cccn2c1Br. The predicted octanol–water partition coefficient (Wildman–Crippen LogP) is 6.73. The van der Waals surface area contributed by atoms with E-state index in [9.17, 15) is 14.4 Å². The van der Waals surface area contributed by atoms with Crippen LogP contribution in [-0.2, 0) is 16.2 Å². The van der Waals surface area contributed by atoms with E-state index in [1.807, 2.05) is 23.6 Å². The fourth-order valence-corrected chi connectivity index (χ4v) is 5.38. The summed E-state index contributed by atoms with van der Waals surface area (Å²) in [6, 6.07) is 17.1. The Balaban J connectivity index is 1.16. The van der Waals surface area contributed by atoms with Gasteiger partial charge in [-0.05, 0) is 83.0 Å². The quantitative estimate of drug-likeness (QED) is 0.155. The number of carbonyl (C=O) groups excluding carboxylic acids is 3. The molecule has 13 heteroatoms. The Kier molecular flexibility index (Phi) is 10.4. The van der Waals surface area contributed by atoms with Crippen LogP contribution in [-0.4, -0.2) is 45.7 Å². The van der Waals surface area contributed by atoms with Gasteiger partial charge in [0.05, 0.1) is 22.9 Å². The predicted molar refractivity (Wildman–Crippen MR) is 183 cm³/mol. The average Bonchev–Trinajstić information content (AvgIpc) is 3.36. The minimum absolute atomic E-state index is 0.0381. The Bertz CT molecular complexity index is 1950. The van der Waals surface area contributed by atoms with E-state index in [-0.39, 0.29) is 24.1 Å². The normalized spacial score (nSPS) is 11.1. The molecule has 0 aliphatic carbocycles. The maximum Gasteiger partial charge on any atom is 0.255 e. The van der Waals surface area contributed by atoms with Gasteiger partial charge in [0, 0.05) is 53.6 Å². The Morgan fingerprint density at radius 3 is 2.52 bits per heavy atom. The number of rotatable bonds is 10. The number of nitrogens with zero attached hydrogens (tertiary/aromatic N) is 4. The Morgan fingerprint density at radius 2 is 1.78 bits per heavy atom. The number of aromatic nitrogens is 3. The third-order valence-electron chi connectivity index (χ3n) is 6.94. The highest BCUT2D eigenvalue weighted by Gasteiger charge is 2.20. The largest absolute Gasteiger partial charge is 0.485 e. The summed E-state index contributed by atoms with van der Waals surface area (Å²) < 4.78 is 8.74. The maximum atomic E-state index is 13.0. The van der Waals surface area contributed by atoms with Crippen LogP contribution in [0.5, 0.6) is 5.75 Å². The summed E-state index contributed by atoms with van der Waals surface area (Å²) in [6.45, 7) is 1.66. The number of fused-ring (bicyclic) bond motifs is 1. The molecule has 5 rings (SSSR count). The average molecular weight is 722 g/mol. The summed E-state index contributed by atoms with van der Waals surface area (Å²) in [7, 11) is 1.56. The van der Waals surface area contributed by atoms with E-state index < -0.39 is 11.8 Å². The molecule has 46 heavy (non-hydrogen) atoms. The van der Waals surface area contributed by atoms with Gasteiger partial charge in [0.15, 0.2) is 11.4 Å². The molecule has 2 N–H and O–H groups in total. The summed E-state index contributed by atoms with van der Waals surface area (Å²) in [6.07, 6.45) is 7.89. The molecular weight excluding hydrogens is 695 g/mol. The van der Waals surface area contributed by atoms with Gasteiger partial charge in [-0.3, -0.25) is 23.8 Å². The van der Waals surface area contributed by atoms with Crippen LogP contribution in [0.2, 0.25) is 10.0 Å². The number of benzene rings is 2. The molecule has 234 valence electrons. The lowest BCUT2D eigenvalue weighted by atomic mass is 10.2. The number of likely N-dealkylation sites (N-methyl/N-ethyl adjacent to an activating group) is 1. The van der Waals surface area contributed by atoms with Crippen molar-refractivity contribution in [3.8, 4) is 5.75 Å². The molecule has 0 unspecified atom stereocenters. The highest BCUT2D eigenvalue weighted by molar-refractivity contribution is 9.10. The van der Waals surface area contributed by atoms with Crippen LogP contribution in [0.25, 0.3) is 11.7 Å². The molecule has 10 nitrogen and oxygen atoms in total. The molecule has 0 fully saturated rings. The first-order valence-corrected chi connectivity index (χ1v) is 15.4. The summed E-state index contributed by atoms with van der Waals surface area (Å²) in [5.41, 5.74) is 4.19. The van der Waals surface area contributed by atoms with Crippen molar-refractivity contribution in [2.45, 2.75) is 13.5 Å². The van der Waals surface area contributed by atoms with E-state index in [2.05, 4.69) is 36.5 Å². The Labute approximate surface area is 283 Å². The molecule has 0 atom stereocenters. The van der Waals surface area contributed by atoms with Crippen molar-refractivity contribution < 1.29 is 19.1 Å². The number of ether oxygens (including phenoxy) is 1. The van der Waals surface area contributed by atoms with Crippen LogP contribution in [0.3, 0.4) is 0 Å². The molecule has 0 aliphatic rings. The zero-order valence-electron chi connectivity index (χ0n) is 24.6. The van der Waals surface area contributed by atoms with Gasteiger partial charge >= 0.3 is 0 Å². The van der Waals surface area contributed by atoms with E-state index >= 15 is 0 Å². The summed E-state index contributed by atoms with van der Waals surface area (Å²) >= 11 is 16.7. The van der Waals surface area contributed by atoms with Gasteiger partial charge < -0.3 is 20.3 Å². The number of carbonyl (C=O) groups is 3.